The standard InChI is InChI=1S/C25H24O5/c1-17(2)18-3-6-20(7-4-18)29-16-22-9-8-21(30-22)10-11-23(26)19-5-12-24-25(15-19)28-14-13-27-24/h3-12,15,17H,13-14,16H2,1-2H3/b11-10+. The second kappa shape index (κ2) is 8.91. The van der Waals surface area contributed by atoms with Crippen molar-refractivity contribution in [1.29, 1.82) is 0 Å². The van der Waals surface area contributed by atoms with Gasteiger partial charge in [-0.15, -0.1) is 0 Å². The minimum absolute atomic E-state index is 0.133. The first-order valence-corrected chi connectivity index (χ1v) is 10.0. The van der Waals surface area contributed by atoms with Crippen LogP contribution in [0.15, 0.2) is 65.1 Å². The van der Waals surface area contributed by atoms with Gasteiger partial charge in [-0.2, -0.15) is 0 Å². The van der Waals surface area contributed by atoms with Crippen LogP contribution in [0.25, 0.3) is 6.08 Å². The van der Waals surface area contributed by atoms with Gasteiger partial charge < -0.3 is 18.6 Å². The molecule has 2 aromatic carbocycles. The fourth-order valence-electron chi connectivity index (χ4n) is 3.12. The van der Waals surface area contributed by atoms with E-state index in [1.165, 1.54) is 11.6 Å². The van der Waals surface area contributed by atoms with Crippen molar-refractivity contribution in [2.45, 2.75) is 26.4 Å². The van der Waals surface area contributed by atoms with Crippen LogP contribution >= 0.6 is 0 Å². The van der Waals surface area contributed by atoms with Crippen LogP contribution in [0.2, 0.25) is 0 Å². The maximum absolute atomic E-state index is 12.4. The Balaban J connectivity index is 1.34. The van der Waals surface area contributed by atoms with E-state index in [0.29, 0.717) is 54.3 Å². The molecule has 5 heteroatoms. The lowest BCUT2D eigenvalue weighted by Crippen LogP contribution is -2.15. The Morgan fingerprint density at radius 1 is 1.00 bits per heavy atom. The SMILES string of the molecule is CC(C)c1ccc(OCc2ccc(/C=C/C(=O)c3ccc4c(c3)OCCO4)o2)cc1. The summed E-state index contributed by atoms with van der Waals surface area (Å²) < 4.78 is 22.5. The quantitative estimate of drug-likeness (QED) is 0.376. The molecule has 0 N–H and O–H groups in total. The number of benzene rings is 2. The number of ketones is 1. The fourth-order valence-corrected chi connectivity index (χ4v) is 3.12. The van der Waals surface area contributed by atoms with Crippen molar-refractivity contribution in [3.05, 3.63) is 83.3 Å². The van der Waals surface area contributed by atoms with Gasteiger partial charge in [0.1, 0.15) is 37.1 Å². The molecule has 3 aromatic rings. The van der Waals surface area contributed by atoms with Gasteiger partial charge in [-0.05, 0) is 66.1 Å². The molecule has 4 rings (SSSR count). The first-order chi connectivity index (χ1) is 14.6. The zero-order chi connectivity index (χ0) is 20.9. The number of carbonyl (C=O) groups excluding carboxylic acids is 1. The van der Waals surface area contributed by atoms with Crippen LogP contribution in [-0.4, -0.2) is 19.0 Å². The van der Waals surface area contributed by atoms with Gasteiger partial charge >= 0.3 is 0 Å². The third-order valence-electron chi connectivity index (χ3n) is 4.84. The van der Waals surface area contributed by atoms with E-state index in [-0.39, 0.29) is 5.78 Å². The lowest BCUT2D eigenvalue weighted by Gasteiger charge is -2.18. The highest BCUT2D eigenvalue weighted by Crippen LogP contribution is 2.31. The maximum Gasteiger partial charge on any atom is 0.186 e. The van der Waals surface area contributed by atoms with Gasteiger partial charge in [-0.1, -0.05) is 26.0 Å². The molecule has 1 aromatic heterocycles. The molecule has 0 saturated carbocycles. The highest BCUT2D eigenvalue weighted by molar-refractivity contribution is 6.07. The van der Waals surface area contributed by atoms with E-state index in [1.807, 2.05) is 24.3 Å². The van der Waals surface area contributed by atoms with Crippen LogP contribution in [0.3, 0.4) is 0 Å². The number of furan rings is 1. The second-order valence-electron chi connectivity index (χ2n) is 7.37. The molecule has 2 heterocycles. The molecule has 5 nitrogen and oxygen atoms in total. The lowest BCUT2D eigenvalue weighted by molar-refractivity contribution is 0.104. The molecule has 0 radical (unpaired) electrons. The maximum atomic E-state index is 12.4. The third kappa shape index (κ3) is 4.74. The van der Waals surface area contributed by atoms with Crippen molar-refractivity contribution < 1.29 is 23.4 Å². The van der Waals surface area contributed by atoms with Crippen molar-refractivity contribution >= 4 is 11.9 Å². The smallest absolute Gasteiger partial charge is 0.186 e. The summed E-state index contributed by atoms with van der Waals surface area (Å²) in [7, 11) is 0. The molecular formula is C25H24O5. The van der Waals surface area contributed by atoms with E-state index >= 15 is 0 Å². The molecule has 0 atom stereocenters. The van der Waals surface area contributed by atoms with Crippen LogP contribution in [0, 0.1) is 0 Å². The van der Waals surface area contributed by atoms with Crippen molar-refractivity contribution in [2.24, 2.45) is 0 Å². The van der Waals surface area contributed by atoms with Crippen molar-refractivity contribution in [3.63, 3.8) is 0 Å². The monoisotopic (exact) mass is 404 g/mol. The van der Waals surface area contributed by atoms with Crippen LogP contribution in [0.5, 0.6) is 17.2 Å². The molecule has 0 spiro atoms. The normalized spacial score (nSPS) is 13.0. The van der Waals surface area contributed by atoms with Crippen molar-refractivity contribution in [2.75, 3.05) is 13.2 Å². The topological polar surface area (TPSA) is 57.9 Å². The average molecular weight is 404 g/mol. The van der Waals surface area contributed by atoms with E-state index in [0.717, 1.165) is 5.75 Å². The molecule has 0 unspecified atom stereocenters. The Hall–Kier alpha value is -3.47. The number of fused-ring (bicyclic) bond motifs is 1. The average Bonchev–Trinajstić information content (AvgIpc) is 3.24. The number of allylic oxidation sites excluding steroid dienone is 1. The summed E-state index contributed by atoms with van der Waals surface area (Å²) in [5.74, 6) is 3.69. The zero-order valence-electron chi connectivity index (χ0n) is 17.1. The minimum atomic E-state index is -0.133. The van der Waals surface area contributed by atoms with E-state index in [9.17, 15) is 4.79 Å². The highest BCUT2D eigenvalue weighted by Gasteiger charge is 2.14. The molecule has 1 aliphatic rings. The minimum Gasteiger partial charge on any atom is -0.486 e. The molecular weight excluding hydrogens is 380 g/mol. The van der Waals surface area contributed by atoms with Gasteiger partial charge in [0.2, 0.25) is 0 Å². The highest BCUT2D eigenvalue weighted by atomic mass is 16.6. The molecule has 0 bridgehead atoms. The van der Waals surface area contributed by atoms with Gasteiger partial charge in [0.25, 0.3) is 0 Å². The molecule has 30 heavy (non-hydrogen) atoms. The van der Waals surface area contributed by atoms with Crippen LogP contribution < -0.4 is 14.2 Å². The summed E-state index contributed by atoms with van der Waals surface area (Å²) >= 11 is 0. The van der Waals surface area contributed by atoms with Gasteiger partial charge in [0, 0.05) is 5.56 Å². The first-order valence-electron chi connectivity index (χ1n) is 10.0. The van der Waals surface area contributed by atoms with Gasteiger partial charge in [0.05, 0.1) is 0 Å². The number of ether oxygens (including phenoxy) is 3. The Morgan fingerprint density at radius 2 is 1.77 bits per heavy atom. The number of carbonyl (C=O) groups is 1. The molecule has 0 saturated heterocycles. The molecule has 0 aliphatic carbocycles. The zero-order valence-corrected chi connectivity index (χ0v) is 17.1. The first kappa shape index (κ1) is 19.8. The summed E-state index contributed by atoms with van der Waals surface area (Å²) in [6.45, 7) is 5.65. The number of hydrogen-bond donors (Lipinski definition) is 0. The van der Waals surface area contributed by atoms with Gasteiger partial charge in [-0.25, -0.2) is 0 Å². The Morgan fingerprint density at radius 3 is 2.53 bits per heavy atom. The lowest BCUT2D eigenvalue weighted by atomic mass is 10.0. The summed E-state index contributed by atoms with van der Waals surface area (Å²) in [4.78, 5) is 12.4. The molecule has 0 amide bonds. The summed E-state index contributed by atoms with van der Waals surface area (Å²) in [6, 6.07) is 16.9. The van der Waals surface area contributed by atoms with Crippen LogP contribution in [0.4, 0.5) is 0 Å². The summed E-state index contributed by atoms with van der Waals surface area (Å²) in [6.07, 6.45) is 3.14. The largest absolute Gasteiger partial charge is 0.486 e. The Bertz CT molecular complexity index is 1040. The number of rotatable bonds is 7. The summed E-state index contributed by atoms with van der Waals surface area (Å²) in [5.41, 5.74) is 1.81. The van der Waals surface area contributed by atoms with Crippen LogP contribution in [-0.2, 0) is 6.61 Å². The van der Waals surface area contributed by atoms with E-state index in [2.05, 4.69) is 26.0 Å². The Kier molecular flexibility index (Phi) is 5.89. The van der Waals surface area contributed by atoms with E-state index in [4.69, 9.17) is 18.6 Å². The molecule has 154 valence electrons. The summed E-state index contributed by atoms with van der Waals surface area (Å²) in [5, 5.41) is 0. The Labute approximate surface area is 175 Å². The number of hydrogen-bond acceptors (Lipinski definition) is 5. The van der Waals surface area contributed by atoms with Crippen molar-refractivity contribution in [1.82, 2.24) is 0 Å². The van der Waals surface area contributed by atoms with Crippen LogP contribution in [0.1, 0.15) is 47.2 Å². The third-order valence-corrected chi connectivity index (χ3v) is 4.84. The van der Waals surface area contributed by atoms with Gasteiger partial charge in [-0.3, -0.25) is 4.79 Å². The molecule has 1 aliphatic heterocycles. The van der Waals surface area contributed by atoms with Crippen molar-refractivity contribution in [3.8, 4) is 17.2 Å². The molecule has 0 fully saturated rings. The van der Waals surface area contributed by atoms with E-state index in [1.54, 1.807) is 24.3 Å². The van der Waals surface area contributed by atoms with E-state index < -0.39 is 0 Å². The predicted molar refractivity (Wildman–Crippen MR) is 114 cm³/mol. The van der Waals surface area contributed by atoms with Gasteiger partial charge in [0.15, 0.2) is 17.3 Å². The second-order valence-corrected chi connectivity index (χ2v) is 7.37. The fraction of sp³-hybridized carbons (Fsp3) is 0.240. The predicted octanol–water partition coefficient (Wildman–Crippen LogP) is 5.65.